The topological polar surface area (TPSA) is 75.3 Å². The summed E-state index contributed by atoms with van der Waals surface area (Å²) in [5, 5.41) is 2.61. The predicted octanol–water partition coefficient (Wildman–Crippen LogP) is 3.73. The van der Waals surface area contributed by atoms with Crippen LogP contribution in [-0.2, 0) is 14.8 Å². The van der Waals surface area contributed by atoms with Crippen LogP contribution >= 0.6 is 0 Å². The van der Waals surface area contributed by atoms with Gasteiger partial charge in [0.05, 0.1) is 10.3 Å². The molecule has 2 aromatic carbocycles. The van der Waals surface area contributed by atoms with Crippen LogP contribution in [0.1, 0.15) is 19.4 Å². The molecule has 0 bridgehead atoms. The highest BCUT2D eigenvalue weighted by molar-refractivity contribution is 7.92. The number of benzene rings is 2. The van der Waals surface area contributed by atoms with E-state index < -0.39 is 28.0 Å². The summed E-state index contributed by atoms with van der Waals surface area (Å²) in [5.74, 6) is -0.441. The number of alkyl halides is 1. The second kappa shape index (κ2) is 7.23. The number of rotatable bonds is 6. The number of sulfonamides is 1. The zero-order valence-electron chi connectivity index (χ0n) is 14.3. The molecule has 7 heteroatoms. The van der Waals surface area contributed by atoms with Crippen LogP contribution in [0.3, 0.4) is 0 Å². The lowest BCUT2D eigenvalue weighted by Crippen LogP contribution is -2.32. The van der Waals surface area contributed by atoms with Crippen LogP contribution in [0.25, 0.3) is 0 Å². The summed E-state index contributed by atoms with van der Waals surface area (Å²) in [6.07, 6.45) is 0. The molecule has 0 aliphatic carbocycles. The van der Waals surface area contributed by atoms with Gasteiger partial charge >= 0.3 is 0 Å². The number of hydrogen-bond donors (Lipinski definition) is 2. The van der Waals surface area contributed by atoms with Crippen molar-refractivity contribution in [3.8, 4) is 0 Å². The van der Waals surface area contributed by atoms with E-state index in [1.54, 1.807) is 37.3 Å². The van der Waals surface area contributed by atoms with Gasteiger partial charge in [-0.1, -0.05) is 18.2 Å². The Hall–Kier alpha value is -2.41. The normalized spacial score (nSPS) is 11.8. The van der Waals surface area contributed by atoms with Gasteiger partial charge in [-0.3, -0.25) is 9.52 Å². The third-order valence-corrected chi connectivity index (χ3v) is 5.27. The zero-order valence-corrected chi connectivity index (χ0v) is 15.2. The minimum absolute atomic E-state index is 0.206. The molecule has 2 N–H and O–H groups in total. The van der Waals surface area contributed by atoms with Crippen molar-refractivity contribution in [1.29, 1.82) is 0 Å². The van der Waals surface area contributed by atoms with Gasteiger partial charge in [-0.15, -0.1) is 0 Å². The highest BCUT2D eigenvalue weighted by Crippen LogP contribution is 2.22. The summed E-state index contributed by atoms with van der Waals surface area (Å²) in [5.41, 5.74) is 0.356. The minimum atomic E-state index is -3.69. The van der Waals surface area contributed by atoms with Crippen LogP contribution in [0.15, 0.2) is 53.4 Å². The first-order valence-electron chi connectivity index (χ1n) is 7.72. The third-order valence-electron chi connectivity index (χ3n) is 3.73. The van der Waals surface area contributed by atoms with E-state index in [9.17, 15) is 17.6 Å². The smallest absolute Gasteiger partial charge is 0.262 e. The predicted molar refractivity (Wildman–Crippen MR) is 96.8 cm³/mol. The van der Waals surface area contributed by atoms with Crippen LogP contribution in [-0.4, -0.2) is 21.0 Å². The fourth-order valence-electron chi connectivity index (χ4n) is 2.05. The zero-order chi connectivity index (χ0) is 18.7. The SMILES string of the molecule is Cc1ccccc1S(=O)(=O)Nc1ccc(NC(=O)C(C)(C)CF)cc1. The van der Waals surface area contributed by atoms with E-state index in [1.165, 1.54) is 32.0 Å². The molecule has 0 unspecified atom stereocenters. The van der Waals surface area contributed by atoms with Crippen LogP contribution in [0.2, 0.25) is 0 Å². The molecule has 2 aromatic rings. The highest BCUT2D eigenvalue weighted by atomic mass is 32.2. The molecule has 2 rings (SSSR count). The molecule has 0 fully saturated rings. The second-order valence-corrected chi connectivity index (χ2v) is 8.07. The molecule has 0 spiro atoms. The van der Waals surface area contributed by atoms with Crippen LogP contribution < -0.4 is 10.0 Å². The number of carbonyl (C=O) groups excluding carboxylic acids is 1. The fraction of sp³-hybridized carbons (Fsp3) is 0.278. The lowest BCUT2D eigenvalue weighted by atomic mass is 9.94. The average molecular weight is 364 g/mol. The third kappa shape index (κ3) is 4.57. The maximum Gasteiger partial charge on any atom is 0.262 e. The first kappa shape index (κ1) is 18.9. The Morgan fingerprint density at radius 2 is 1.60 bits per heavy atom. The number of amides is 1. The second-order valence-electron chi connectivity index (χ2n) is 6.42. The lowest BCUT2D eigenvalue weighted by Gasteiger charge is -2.19. The Labute approximate surface area is 147 Å². The van der Waals surface area contributed by atoms with Crippen molar-refractivity contribution in [2.24, 2.45) is 5.41 Å². The number of carbonyl (C=O) groups is 1. The van der Waals surface area contributed by atoms with Gasteiger partial charge in [-0.2, -0.15) is 0 Å². The molecule has 0 saturated carbocycles. The van der Waals surface area contributed by atoms with Gasteiger partial charge in [0.15, 0.2) is 0 Å². The number of nitrogens with one attached hydrogen (secondary N) is 2. The fourth-order valence-corrected chi connectivity index (χ4v) is 3.36. The van der Waals surface area contributed by atoms with Gasteiger partial charge < -0.3 is 5.32 Å². The molecule has 5 nitrogen and oxygen atoms in total. The maximum atomic E-state index is 12.8. The standard InChI is InChI=1S/C18H21FN2O3S/c1-13-6-4-5-7-16(13)25(23,24)21-15-10-8-14(9-11-15)20-17(22)18(2,3)12-19/h4-11,21H,12H2,1-3H3,(H,20,22). The summed E-state index contributed by atoms with van der Waals surface area (Å²) in [6.45, 7) is 3.97. The number of aryl methyl sites for hydroxylation is 1. The van der Waals surface area contributed by atoms with Crippen molar-refractivity contribution in [3.63, 3.8) is 0 Å². The van der Waals surface area contributed by atoms with Crippen molar-refractivity contribution in [2.75, 3.05) is 16.7 Å². The molecule has 0 radical (unpaired) electrons. The highest BCUT2D eigenvalue weighted by Gasteiger charge is 2.27. The molecular weight excluding hydrogens is 343 g/mol. The lowest BCUT2D eigenvalue weighted by molar-refractivity contribution is -0.124. The first-order chi connectivity index (χ1) is 11.7. The van der Waals surface area contributed by atoms with Crippen molar-refractivity contribution in [2.45, 2.75) is 25.7 Å². The van der Waals surface area contributed by atoms with Gasteiger partial charge in [-0.05, 0) is 56.7 Å². The van der Waals surface area contributed by atoms with E-state index in [2.05, 4.69) is 10.0 Å². The van der Waals surface area contributed by atoms with E-state index in [0.717, 1.165) is 0 Å². The van der Waals surface area contributed by atoms with E-state index in [4.69, 9.17) is 0 Å². The average Bonchev–Trinajstić information content (AvgIpc) is 2.56. The quantitative estimate of drug-likeness (QED) is 0.820. The Morgan fingerprint density at radius 1 is 1.04 bits per heavy atom. The summed E-state index contributed by atoms with van der Waals surface area (Å²) in [7, 11) is -3.69. The van der Waals surface area contributed by atoms with Crippen LogP contribution in [0, 0.1) is 12.3 Å². The Morgan fingerprint density at radius 3 is 2.16 bits per heavy atom. The van der Waals surface area contributed by atoms with Gasteiger partial charge in [0.2, 0.25) is 5.91 Å². The van der Waals surface area contributed by atoms with Crippen molar-refractivity contribution in [1.82, 2.24) is 0 Å². The summed E-state index contributed by atoms with van der Waals surface area (Å²) in [6, 6.07) is 12.9. The van der Waals surface area contributed by atoms with E-state index in [0.29, 0.717) is 16.9 Å². The van der Waals surface area contributed by atoms with Crippen molar-refractivity contribution >= 4 is 27.3 Å². The molecule has 0 aromatic heterocycles. The number of halogens is 1. The number of hydrogen-bond acceptors (Lipinski definition) is 3. The molecule has 0 saturated heterocycles. The van der Waals surface area contributed by atoms with E-state index in [1.807, 2.05) is 0 Å². The Kier molecular flexibility index (Phi) is 5.47. The van der Waals surface area contributed by atoms with Crippen molar-refractivity contribution in [3.05, 3.63) is 54.1 Å². The minimum Gasteiger partial charge on any atom is -0.326 e. The molecule has 134 valence electrons. The molecule has 25 heavy (non-hydrogen) atoms. The molecule has 0 heterocycles. The first-order valence-corrected chi connectivity index (χ1v) is 9.20. The molecule has 0 atom stereocenters. The summed E-state index contributed by atoms with van der Waals surface area (Å²) in [4.78, 5) is 12.1. The Balaban J connectivity index is 2.13. The van der Waals surface area contributed by atoms with Crippen LogP contribution in [0.4, 0.5) is 15.8 Å². The van der Waals surface area contributed by atoms with Gasteiger partial charge in [0.25, 0.3) is 10.0 Å². The molecule has 1 amide bonds. The van der Waals surface area contributed by atoms with Gasteiger partial charge in [0.1, 0.15) is 6.67 Å². The summed E-state index contributed by atoms with van der Waals surface area (Å²) >= 11 is 0. The summed E-state index contributed by atoms with van der Waals surface area (Å²) < 4.78 is 40.2. The number of anilines is 2. The molecular formula is C18H21FN2O3S. The monoisotopic (exact) mass is 364 g/mol. The molecule has 0 aliphatic heterocycles. The molecule has 0 aliphatic rings. The van der Waals surface area contributed by atoms with Crippen molar-refractivity contribution < 1.29 is 17.6 Å². The van der Waals surface area contributed by atoms with Crippen LogP contribution in [0.5, 0.6) is 0 Å². The maximum absolute atomic E-state index is 12.8. The Bertz CT molecular complexity index is 862. The van der Waals surface area contributed by atoms with Gasteiger partial charge in [-0.25, -0.2) is 12.8 Å². The van der Waals surface area contributed by atoms with E-state index >= 15 is 0 Å². The van der Waals surface area contributed by atoms with E-state index in [-0.39, 0.29) is 4.90 Å². The largest absolute Gasteiger partial charge is 0.326 e. The van der Waals surface area contributed by atoms with Gasteiger partial charge in [0, 0.05) is 11.4 Å².